The maximum absolute atomic E-state index is 8.46. The van der Waals surface area contributed by atoms with E-state index in [0.29, 0.717) is 6.42 Å². The third-order valence-corrected chi connectivity index (χ3v) is 3.13. The third-order valence-electron chi connectivity index (χ3n) is 3.13. The summed E-state index contributed by atoms with van der Waals surface area (Å²) in [6, 6.07) is 2.19. The van der Waals surface area contributed by atoms with Gasteiger partial charge in [-0.25, -0.2) is 9.55 Å². The molecule has 0 atom stereocenters. The molecule has 1 heterocycles. The van der Waals surface area contributed by atoms with Crippen LogP contribution in [0.15, 0.2) is 12.4 Å². The van der Waals surface area contributed by atoms with E-state index in [0.717, 1.165) is 45.4 Å². The number of imidazole rings is 1. The lowest BCUT2D eigenvalue weighted by atomic mass is 10.1. The number of aryl methyl sites for hydroxylation is 1. The van der Waals surface area contributed by atoms with E-state index in [1.807, 2.05) is 6.20 Å². The number of unbranched alkanes of at least 4 members (excludes halogenated alkanes) is 4. The topological polar surface area (TPSA) is 52.7 Å². The molecule has 19 heavy (non-hydrogen) atoms. The van der Waals surface area contributed by atoms with Gasteiger partial charge in [-0.1, -0.05) is 19.8 Å². The molecule has 0 fully saturated rings. The summed E-state index contributed by atoms with van der Waals surface area (Å²) in [4.78, 5) is 3.30. The summed E-state index contributed by atoms with van der Waals surface area (Å²) < 4.78 is 7.76. The predicted molar refractivity (Wildman–Crippen MR) is 74.5 cm³/mol. The van der Waals surface area contributed by atoms with E-state index < -0.39 is 0 Å². The van der Waals surface area contributed by atoms with Crippen LogP contribution in [0.1, 0.15) is 51.3 Å². The molecule has 1 N–H and O–H groups in total. The SMILES string of the molecule is CCCOCC[n+]1cc[nH]c1CCCCCCC#N. The number of aromatic nitrogens is 2. The van der Waals surface area contributed by atoms with Crippen molar-refractivity contribution in [2.75, 3.05) is 13.2 Å². The van der Waals surface area contributed by atoms with Crippen molar-refractivity contribution in [1.29, 1.82) is 5.26 Å². The smallest absolute Gasteiger partial charge is 0.254 e. The van der Waals surface area contributed by atoms with E-state index in [1.165, 1.54) is 18.7 Å². The Morgan fingerprint density at radius 1 is 1.26 bits per heavy atom. The van der Waals surface area contributed by atoms with E-state index in [-0.39, 0.29) is 0 Å². The fourth-order valence-corrected chi connectivity index (χ4v) is 2.08. The van der Waals surface area contributed by atoms with E-state index >= 15 is 0 Å². The van der Waals surface area contributed by atoms with Gasteiger partial charge >= 0.3 is 0 Å². The molecule has 1 rings (SSSR count). The molecular weight excluding hydrogens is 238 g/mol. The quantitative estimate of drug-likeness (QED) is 0.493. The summed E-state index contributed by atoms with van der Waals surface area (Å²) in [5.74, 6) is 1.28. The Kier molecular flexibility index (Phi) is 8.74. The highest BCUT2D eigenvalue weighted by atomic mass is 16.5. The van der Waals surface area contributed by atoms with Gasteiger partial charge in [-0.3, -0.25) is 0 Å². The van der Waals surface area contributed by atoms with Crippen LogP contribution < -0.4 is 4.57 Å². The number of hydrogen-bond donors (Lipinski definition) is 1. The summed E-state index contributed by atoms with van der Waals surface area (Å²) in [6.45, 7) is 4.68. The van der Waals surface area contributed by atoms with Crippen LogP contribution in [0.3, 0.4) is 0 Å². The fraction of sp³-hybridized carbons (Fsp3) is 0.733. The minimum absolute atomic E-state index is 0.692. The first-order valence-corrected chi connectivity index (χ1v) is 7.39. The molecule has 1 aromatic rings. The number of nitrogens with one attached hydrogen (secondary N) is 1. The van der Waals surface area contributed by atoms with Gasteiger partial charge in [-0.2, -0.15) is 5.26 Å². The standard InChI is InChI=1S/C15H25N3O/c1-2-13-19-14-12-18-11-10-17-15(18)8-6-4-3-5-7-9-16/h10-11H,2-8,12-14H2,1H3/p+1. The van der Waals surface area contributed by atoms with Gasteiger partial charge in [0.15, 0.2) is 0 Å². The molecule has 0 bridgehead atoms. The minimum Gasteiger partial charge on any atom is -0.377 e. The molecule has 0 unspecified atom stereocenters. The second-order valence-electron chi connectivity index (χ2n) is 4.78. The van der Waals surface area contributed by atoms with Gasteiger partial charge in [-0.05, 0) is 19.3 Å². The van der Waals surface area contributed by atoms with Crippen molar-refractivity contribution >= 4 is 0 Å². The van der Waals surface area contributed by atoms with Crippen LogP contribution in [0.4, 0.5) is 0 Å². The highest BCUT2D eigenvalue weighted by Gasteiger charge is 2.09. The molecule has 4 nitrogen and oxygen atoms in total. The van der Waals surface area contributed by atoms with Crippen LogP contribution in [0.5, 0.6) is 0 Å². The molecule has 0 aliphatic rings. The van der Waals surface area contributed by atoms with Gasteiger partial charge < -0.3 is 4.74 Å². The Morgan fingerprint density at radius 2 is 2.11 bits per heavy atom. The molecule has 0 amide bonds. The minimum atomic E-state index is 0.692. The van der Waals surface area contributed by atoms with Gasteiger partial charge in [0.05, 0.1) is 12.7 Å². The first-order chi connectivity index (χ1) is 9.38. The van der Waals surface area contributed by atoms with Crippen molar-refractivity contribution in [2.24, 2.45) is 0 Å². The maximum atomic E-state index is 8.46. The first-order valence-electron chi connectivity index (χ1n) is 7.39. The molecular formula is C15H26N3O+. The van der Waals surface area contributed by atoms with Crippen molar-refractivity contribution in [1.82, 2.24) is 4.98 Å². The Balaban J connectivity index is 2.15. The van der Waals surface area contributed by atoms with E-state index in [9.17, 15) is 0 Å². The number of ether oxygens (including phenoxy) is 1. The molecule has 106 valence electrons. The molecule has 1 aromatic heterocycles. The van der Waals surface area contributed by atoms with Crippen molar-refractivity contribution < 1.29 is 9.30 Å². The molecule has 0 aliphatic carbocycles. The van der Waals surface area contributed by atoms with Crippen LogP contribution in [0.2, 0.25) is 0 Å². The number of nitrogens with zero attached hydrogens (tertiary/aromatic N) is 2. The second-order valence-corrected chi connectivity index (χ2v) is 4.78. The highest BCUT2D eigenvalue weighted by Crippen LogP contribution is 2.05. The van der Waals surface area contributed by atoms with E-state index in [4.69, 9.17) is 10.00 Å². The molecule has 0 spiro atoms. The Morgan fingerprint density at radius 3 is 2.89 bits per heavy atom. The van der Waals surface area contributed by atoms with Gasteiger partial charge in [0.2, 0.25) is 0 Å². The zero-order chi connectivity index (χ0) is 13.8. The molecule has 0 saturated carbocycles. The Hall–Kier alpha value is -1.34. The first kappa shape index (κ1) is 15.7. The van der Waals surface area contributed by atoms with Crippen LogP contribution >= 0.6 is 0 Å². The van der Waals surface area contributed by atoms with Crippen molar-refractivity contribution in [3.63, 3.8) is 0 Å². The number of nitriles is 1. The molecule has 0 radical (unpaired) electrons. The predicted octanol–water partition coefficient (Wildman–Crippen LogP) is 2.75. The van der Waals surface area contributed by atoms with Crippen LogP contribution in [0, 0.1) is 11.3 Å². The molecule has 0 aromatic carbocycles. The second kappa shape index (κ2) is 10.6. The van der Waals surface area contributed by atoms with Crippen molar-refractivity contribution in [3.05, 3.63) is 18.2 Å². The molecule has 0 aliphatic heterocycles. The number of rotatable bonds is 11. The van der Waals surface area contributed by atoms with Gasteiger partial charge in [-0.15, -0.1) is 0 Å². The fourth-order valence-electron chi connectivity index (χ4n) is 2.08. The van der Waals surface area contributed by atoms with Crippen LogP contribution in [-0.4, -0.2) is 18.2 Å². The van der Waals surface area contributed by atoms with Crippen LogP contribution in [0.25, 0.3) is 0 Å². The normalized spacial score (nSPS) is 10.5. The number of hydrogen-bond acceptors (Lipinski definition) is 2. The van der Waals surface area contributed by atoms with Crippen molar-refractivity contribution in [2.45, 2.75) is 58.4 Å². The van der Waals surface area contributed by atoms with E-state index in [1.54, 1.807) is 0 Å². The average molecular weight is 264 g/mol. The Bertz CT molecular complexity index is 368. The van der Waals surface area contributed by atoms with Gasteiger partial charge in [0, 0.05) is 19.4 Å². The zero-order valence-electron chi connectivity index (χ0n) is 12.0. The lowest BCUT2D eigenvalue weighted by Gasteiger charge is -2.02. The zero-order valence-corrected chi connectivity index (χ0v) is 12.0. The van der Waals surface area contributed by atoms with Crippen molar-refractivity contribution in [3.8, 4) is 6.07 Å². The summed E-state index contributed by atoms with van der Waals surface area (Å²) in [6.07, 6.45) is 11.5. The summed E-state index contributed by atoms with van der Waals surface area (Å²) >= 11 is 0. The van der Waals surface area contributed by atoms with Crippen LogP contribution in [-0.2, 0) is 17.7 Å². The monoisotopic (exact) mass is 264 g/mol. The third kappa shape index (κ3) is 6.97. The lowest BCUT2D eigenvalue weighted by molar-refractivity contribution is -0.704. The average Bonchev–Trinajstić information content (AvgIpc) is 2.86. The summed E-state index contributed by atoms with van der Waals surface area (Å²) in [5.41, 5.74) is 0. The van der Waals surface area contributed by atoms with Gasteiger partial charge in [0.1, 0.15) is 18.9 Å². The number of aromatic amines is 1. The van der Waals surface area contributed by atoms with E-state index in [2.05, 4.69) is 28.7 Å². The molecule has 0 saturated heterocycles. The lowest BCUT2D eigenvalue weighted by Crippen LogP contribution is -2.38. The largest absolute Gasteiger partial charge is 0.377 e. The maximum Gasteiger partial charge on any atom is 0.254 e. The summed E-state index contributed by atoms with van der Waals surface area (Å²) in [7, 11) is 0. The summed E-state index contributed by atoms with van der Waals surface area (Å²) in [5, 5.41) is 8.46. The molecule has 4 heteroatoms. The van der Waals surface area contributed by atoms with Gasteiger partial charge in [0.25, 0.3) is 5.82 Å². The highest BCUT2D eigenvalue weighted by molar-refractivity contribution is 4.77. The Labute approximate surface area is 116 Å². The number of H-pyrrole nitrogens is 1.